The molecule has 0 atom stereocenters. The summed E-state index contributed by atoms with van der Waals surface area (Å²) in [6.45, 7) is 5.88. The van der Waals surface area contributed by atoms with Gasteiger partial charge in [-0.2, -0.15) is 10.5 Å². The number of rotatable bonds is 6. The van der Waals surface area contributed by atoms with Crippen molar-refractivity contribution in [1.29, 1.82) is 10.5 Å². The Hall–Kier alpha value is -4.09. The Morgan fingerprint density at radius 1 is 1.03 bits per heavy atom. The molecule has 148 valence electrons. The zero-order valence-corrected chi connectivity index (χ0v) is 16.9. The van der Waals surface area contributed by atoms with E-state index in [2.05, 4.69) is 18.7 Å². The highest BCUT2D eigenvalue weighted by atomic mass is 16.4. The highest BCUT2D eigenvalue weighted by Gasteiger charge is 2.09. The van der Waals surface area contributed by atoms with Gasteiger partial charge in [0.2, 0.25) is 0 Å². The van der Waals surface area contributed by atoms with Crippen LogP contribution in [0, 0.1) is 22.7 Å². The molecule has 0 bridgehead atoms. The normalized spacial score (nSPS) is 10.5. The van der Waals surface area contributed by atoms with Crippen molar-refractivity contribution in [2.24, 2.45) is 0 Å². The maximum Gasteiger partial charge on any atom is 0.343 e. The second-order valence-corrected chi connectivity index (χ2v) is 6.60. The molecule has 0 fully saturated rings. The quantitative estimate of drug-likeness (QED) is 0.327. The van der Waals surface area contributed by atoms with Crippen molar-refractivity contribution in [2.45, 2.75) is 13.8 Å². The van der Waals surface area contributed by atoms with E-state index in [0.29, 0.717) is 16.7 Å². The molecule has 3 rings (SSSR count). The average molecular weight is 395 g/mol. The lowest BCUT2D eigenvalue weighted by Crippen LogP contribution is -2.21. The second kappa shape index (κ2) is 9.41. The fourth-order valence-electron chi connectivity index (χ4n) is 3.28. The van der Waals surface area contributed by atoms with E-state index < -0.39 is 5.63 Å². The maximum absolute atomic E-state index is 12.5. The van der Waals surface area contributed by atoms with E-state index in [1.165, 1.54) is 0 Å². The van der Waals surface area contributed by atoms with Crippen molar-refractivity contribution in [3.05, 3.63) is 87.8 Å². The van der Waals surface area contributed by atoms with Crippen LogP contribution in [0.25, 0.3) is 22.6 Å². The molecule has 2 aromatic carbocycles. The van der Waals surface area contributed by atoms with Crippen LogP contribution >= 0.6 is 0 Å². The molecule has 3 aromatic rings. The number of fused-ring (bicyclic) bond motifs is 1. The highest BCUT2D eigenvalue weighted by molar-refractivity contribution is 5.87. The number of nitriles is 2. The van der Waals surface area contributed by atoms with E-state index in [0.717, 1.165) is 29.7 Å². The molecule has 1 aromatic heterocycles. The first-order valence-corrected chi connectivity index (χ1v) is 9.72. The van der Waals surface area contributed by atoms with Gasteiger partial charge < -0.3 is 9.32 Å². The maximum atomic E-state index is 12.5. The van der Waals surface area contributed by atoms with Gasteiger partial charge in [-0.3, -0.25) is 0 Å². The van der Waals surface area contributed by atoms with Crippen molar-refractivity contribution in [1.82, 2.24) is 0 Å². The monoisotopic (exact) mass is 395 g/mol. The van der Waals surface area contributed by atoms with Crippen LogP contribution in [0.5, 0.6) is 0 Å². The summed E-state index contributed by atoms with van der Waals surface area (Å²) in [6, 6.07) is 20.5. The van der Waals surface area contributed by atoms with Crippen molar-refractivity contribution in [3.8, 4) is 12.1 Å². The molecule has 0 aliphatic heterocycles. The third kappa shape index (κ3) is 4.32. The minimum absolute atomic E-state index is 0.0218. The van der Waals surface area contributed by atoms with Crippen LogP contribution in [0.3, 0.4) is 0 Å². The molecule has 0 radical (unpaired) electrons. The number of anilines is 1. The first-order valence-electron chi connectivity index (χ1n) is 9.72. The number of benzene rings is 2. The highest BCUT2D eigenvalue weighted by Crippen LogP contribution is 2.24. The van der Waals surface area contributed by atoms with Gasteiger partial charge in [0.15, 0.2) is 0 Å². The summed E-state index contributed by atoms with van der Waals surface area (Å²) in [5.41, 5.74) is 2.56. The van der Waals surface area contributed by atoms with Gasteiger partial charge in [0.25, 0.3) is 0 Å². The summed E-state index contributed by atoms with van der Waals surface area (Å²) in [6.07, 6.45) is 3.19. The summed E-state index contributed by atoms with van der Waals surface area (Å²) < 4.78 is 5.54. The fraction of sp³-hybridized carbons (Fsp3) is 0.160. The third-order valence-corrected chi connectivity index (χ3v) is 4.88. The Balaban J connectivity index is 2.05. The zero-order valence-electron chi connectivity index (χ0n) is 16.9. The van der Waals surface area contributed by atoms with E-state index in [9.17, 15) is 15.3 Å². The SMILES string of the molecule is CCN(CC)c1ccc2cc(/C=C/C(=C(C#N)C#N)c3ccccc3)c(=O)oc2c1. The molecular formula is C25H21N3O2. The summed E-state index contributed by atoms with van der Waals surface area (Å²) >= 11 is 0. The molecule has 0 aliphatic carbocycles. The Morgan fingerprint density at radius 2 is 1.73 bits per heavy atom. The number of allylic oxidation sites excluding steroid dienone is 3. The van der Waals surface area contributed by atoms with Gasteiger partial charge in [0.05, 0.1) is 5.56 Å². The molecule has 30 heavy (non-hydrogen) atoms. The van der Waals surface area contributed by atoms with Crippen molar-refractivity contribution < 1.29 is 4.42 Å². The Bertz CT molecular complexity index is 1240. The molecule has 0 amide bonds. The lowest BCUT2D eigenvalue weighted by molar-refractivity contribution is 0.559. The first-order chi connectivity index (χ1) is 14.6. The lowest BCUT2D eigenvalue weighted by Gasteiger charge is -2.20. The number of nitrogens with zero attached hydrogens (tertiary/aromatic N) is 3. The van der Waals surface area contributed by atoms with Crippen molar-refractivity contribution in [2.75, 3.05) is 18.0 Å². The van der Waals surface area contributed by atoms with E-state index >= 15 is 0 Å². The van der Waals surface area contributed by atoms with Crippen LogP contribution in [0.4, 0.5) is 5.69 Å². The van der Waals surface area contributed by atoms with Gasteiger partial charge >= 0.3 is 5.63 Å². The molecule has 0 spiro atoms. The minimum atomic E-state index is -0.474. The molecular weight excluding hydrogens is 374 g/mol. The fourth-order valence-corrected chi connectivity index (χ4v) is 3.28. The molecule has 0 saturated carbocycles. The summed E-state index contributed by atoms with van der Waals surface area (Å²) in [7, 11) is 0. The van der Waals surface area contributed by atoms with E-state index in [4.69, 9.17) is 4.42 Å². The molecule has 0 aliphatic rings. The standard InChI is InChI=1S/C25H21N3O2/c1-3-28(4-2)22-12-10-19-14-20(25(29)30-24(19)15-22)11-13-23(21(16-26)17-27)18-8-6-5-7-9-18/h5-15H,3-4H2,1-2H3/b13-11+. The summed E-state index contributed by atoms with van der Waals surface area (Å²) in [5.74, 6) is 0. The van der Waals surface area contributed by atoms with Gasteiger partial charge in [-0.05, 0) is 43.7 Å². The largest absolute Gasteiger partial charge is 0.422 e. The van der Waals surface area contributed by atoms with Gasteiger partial charge in [0.1, 0.15) is 23.3 Å². The summed E-state index contributed by atoms with van der Waals surface area (Å²) in [4.78, 5) is 14.7. The number of hydrogen-bond acceptors (Lipinski definition) is 5. The van der Waals surface area contributed by atoms with E-state index in [1.807, 2.05) is 60.7 Å². The predicted molar refractivity (Wildman–Crippen MR) is 120 cm³/mol. The Morgan fingerprint density at radius 3 is 2.37 bits per heavy atom. The first kappa shape index (κ1) is 20.6. The van der Waals surface area contributed by atoms with Crippen LogP contribution in [0.1, 0.15) is 25.0 Å². The van der Waals surface area contributed by atoms with Gasteiger partial charge in [-0.25, -0.2) is 4.79 Å². The van der Waals surface area contributed by atoms with Gasteiger partial charge in [-0.15, -0.1) is 0 Å². The van der Waals surface area contributed by atoms with Crippen LogP contribution < -0.4 is 10.5 Å². The third-order valence-electron chi connectivity index (χ3n) is 4.88. The Labute approximate surface area is 175 Å². The molecule has 0 saturated heterocycles. The van der Waals surface area contributed by atoms with E-state index in [1.54, 1.807) is 18.2 Å². The molecule has 5 nitrogen and oxygen atoms in total. The lowest BCUT2D eigenvalue weighted by atomic mass is 10.00. The van der Waals surface area contributed by atoms with Crippen LogP contribution in [-0.4, -0.2) is 13.1 Å². The molecule has 1 heterocycles. The van der Waals surface area contributed by atoms with E-state index in [-0.39, 0.29) is 5.57 Å². The summed E-state index contributed by atoms with van der Waals surface area (Å²) in [5, 5.41) is 19.4. The average Bonchev–Trinajstić information content (AvgIpc) is 2.78. The second-order valence-electron chi connectivity index (χ2n) is 6.60. The van der Waals surface area contributed by atoms with Crippen LogP contribution in [-0.2, 0) is 0 Å². The smallest absolute Gasteiger partial charge is 0.343 e. The topological polar surface area (TPSA) is 81.0 Å². The molecule has 0 unspecified atom stereocenters. The van der Waals surface area contributed by atoms with Gasteiger partial charge in [-0.1, -0.05) is 36.4 Å². The van der Waals surface area contributed by atoms with Crippen molar-refractivity contribution >= 4 is 28.3 Å². The van der Waals surface area contributed by atoms with Gasteiger partial charge in [0, 0.05) is 35.8 Å². The van der Waals surface area contributed by atoms with Crippen molar-refractivity contribution in [3.63, 3.8) is 0 Å². The molecule has 0 N–H and O–H groups in total. The predicted octanol–water partition coefficient (Wildman–Crippen LogP) is 5.15. The molecule has 5 heteroatoms. The number of hydrogen-bond donors (Lipinski definition) is 0. The van der Waals surface area contributed by atoms with Crippen LogP contribution in [0.2, 0.25) is 0 Å². The minimum Gasteiger partial charge on any atom is -0.422 e. The Kier molecular flexibility index (Phi) is 6.47. The van der Waals surface area contributed by atoms with Crippen LogP contribution in [0.15, 0.2) is 75.5 Å². The zero-order chi connectivity index (χ0) is 21.5.